The number of aromatic amines is 2. The SMILES string of the molecule is C.CCC=CCC1=NC2=C(C1)c1cc3c(cc1CC2)-c1ccc(-c2cnc(CC=CCC)[nH]2)cc1CO3.CCC=CCC1=Nc2ccc3cc4c(cc3c2C1)OCc1cc(-c2cnc(CC=CCC)[nH]2)ccc1-4. The molecule has 6 heterocycles. The summed E-state index contributed by atoms with van der Waals surface area (Å²) in [6.07, 6.45) is 33.2. The van der Waals surface area contributed by atoms with Crippen LogP contribution in [-0.4, -0.2) is 31.4 Å². The first-order valence-electron chi connectivity index (χ1n) is 26.3. The second-order valence-corrected chi connectivity index (χ2v) is 19.4. The van der Waals surface area contributed by atoms with Crippen molar-refractivity contribution in [3.05, 3.63) is 179 Å². The van der Waals surface area contributed by atoms with Gasteiger partial charge in [-0.25, -0.2) is 9.97 Å². The molecule has 370 valence electrons. The van der Waals surface area contributed by atoms with E-state index in [1.165, 1.54) is 78.0 Å². The van der Waals surface area contributed by atoms with Crippen molar-refractivity contribution in [2.45, 2.75) is 125 Å². The topological polar surface area (TPSA) is 101 Å². The summed E-state index contributed by atoms with van der Waals surface area (Å²) < 4.78 is 12.6. The zero-order chi connectivity index (χ0) is 49.0. The average Bonchev–Trinajstić information content (AvgIpc) is 4.25. The fraction of sp³-hybridized carbons (Fsp3) is 0.292. The van der Waals surface area contributed by atoms with Crippen LogP contribution in [0.25, 0.3) is 61.1 Å². The van der Waals surface area contributed by atoms with Crippen LogP contribution in [0.1, 0.15) is 126 Å². The van der Waals surface area contributed by atoms with Gasteiger partial charge in [0.05, 0.1) is 29.5 Å². The maximum absolute atomic E-state index is 6.33. The summed E-state index contributed by atoms with van der Waals surface area (Å²) in [5.41, 5.74) is 22.1. The molecule has 1 aliphatic carbocycles. The van der Waals surface area contributed by atoms with E-state index in [1.54, 1.807) is 0 Å². The number of allylic oxidation sites excluding steroid dienone is 10. The van der Waals surface area contributed by atoms with E-state index in [0.29, 0.717) is 13.2 Å². The number of fused-ring (bicyclic) bond motifs is 11. The van der Waals surface area contributed by atoms with E-state index in [-0.39, 0.29) is 7.43 Å². The second kappa shape index (κ2) is 22.0. The molecule has 0 radical (unpaired) electrons. The number of ether oxygens (including phenoxy) is 2. The van der Waals surface area contributed by atoms with Crippen molar-refractivity contribution in [2.75, 3.05) is 0 Å². The van der Waals surface area contributed by atoms with E-state index in [1.807, 2.05) is 12.4 Å². The monoisotopic (exact) mass is 965 g/mol. The fourth-order valence-electron chi connectivity index (χ4n) is 10.7. The highest BCUT2D eigenvalue weighted by molar-refractivity contribution is 6.04. The van der Waals surface area contributed by atoms with Crippen molar-refractivity contribution in [1.82, 2.24) is 19.9 Å². The largest absolute Gasteiger partial charge is 0.488 e. The minimum absolute atomic E-state index is 0. The number of aryl methyl sites for hydroxylation is 1. The predicted molar refractivity (Wildman–Crippen MR) is 304 cm³/mol. The van der Waals surface area contributed by atoms with Crippen LogP contribution < -0.4 is 9.47 Å². The molecule has 2 N–H and O–H groups in total. The molecule has 5 aromatic carbocycles. The zero-order valence-corrected chi connectivity index (χ0v) is 42.2. The van der Waals surface area contributed by atoms with Gasteiger partial charge in [-0.2, -0.15) is 0 Å². The molecule has 0 unspecified atom stereocenters. The second-order valence-electron chi connectivity index (χ2n) is 19.4. The van der Waals surface area contributed by atoms with Crippen molar-refractivity contribution < 1.29 is 9.47 Å². The Bertz CT molecular complexity index is 3420. The molecule has 0 amide bonds. The Kier molecular flexibility index (Phi) is 14.8. The van der Waals surface area contributed by atoms with E-state index in [0.717, 1.165) is 134 Å². The molecule has 5 aliphatic rings. The van der Waals surface area contributed by atoms with Crippen molar-refractivity contribution in [2.24, 2.45) is 9.98 Å². The number of rotatable bonds is 14. The maximum Gasteiger partial charge on any atom is 0.128 e. The molecule has 12 rings (SSSR count). The Morgan fingerprint density at radius 2 is 1.07 bits per heavy atom. The standard InChI is InChI=1S/C32H33N3O.C32H31N3O.CH4/c2*1-3-5-7-9-24-17-27-26-18-31-28(16-21(26)12-14-29(27)34-24)25-13-11-22(15-23(25)20-36-31)30-19-33-32(35-30)10-8-6-4-2;/h5-8,11,13,15-16,18-19H,3-4,9-10,12,14,17,20H2,1-2H3,(H,33,35);5-8,11-16,18-19H,3-4,9-10,17,20H2,1-2H3,(H,33,35);1H4. The van der Waals surface area contributed by atoms with Crippen LogP contribution in [0.4, 0.5) is 5.69 Å². The number of nitrogens with one attached hydrogen (secondary N) is 2. The molecular formula is C65H68N6O2. The molecule has 0 saturated carbocycles. The molecule has 2 aromatic heterocycles. The molecule has 0 spiro atoms. The predicted octanol–water partition coefficient (Wildman–Crippen LogP) is 16.9. The Balaban J connectivity index is 0.000000165. The number of hydrogen-bond donors (Lipinski definition) is 2. The van der Waals surface area contributed by atoms with Crippen molar-refractivity contribution in [3.8, 4) is 56.3 Å². The molecular weight excluding hydrogens is 897 g/mol. The number of H-pyrrole nitrogens is 2. The summed E-state index contributed by atoms with van der Waals surface area (Å²) in [5.74, 6) is 3.94. The van der Waals surface area contributed by atoms with E-state index in [9.17, 15) is 0 Å². The summed E-state index contributed by atoms with van der Waals surface area (Å²) in [7, 11) is 0. The van der Waals surface area contributed by atoms with Crippen LogP contribution in [0.2, 0.25) is 0 Å². The Hall–Kier alpha value is -7.58. The average molecular weight is 965 g/mol. The van der Waals surface area contributed by atoms with Crippen LogP contribution in [0.15, 0.2) is 149 Å². The minimum atomic E-state index is 0. The van der Waals surface area contributed by atoms with Gasteiger partial charge in [0, 0.05) is 66.8 Å². The molecule has 0 saturated heterocycles. The number of imidazole rings is 2. The van der Waals surface area contributed by atoms with E-state index in [4.69, 9.17) is 19.5 Å². The molecule has 4 aliphatic heterocycles. The quantitative estimate of drug-likeness (QED) is 0.106. The number of nitrogens with zero attached hydrogens (tertiary/aromatic N) is 4. The highest BCUT2D eigenvalue weighted by Crippen LogP contribution is 2.47. The van der Waals surface area contributed by atoms with Crippen LogP contribution >= 0.6 is 0 Å². The molecule has 8 nitrogen and oxygen atoms in total. The van der Waals surface area contributed by atoms with Gasteiger partial charge in [-0.15, -0.1) is 0 Å². The Morgan fingerprint density at radius 3 is 1.67 bits per heavy atom. The van der Waals surface area contributed by atoms with E-state index >= 15 is 0 Å². The van der Waals surface area contributed by atoms with Crippen molar-refractivity contribution >= 4 is 33.5 Å². The number of aromatic nitrogens is 4. The number of benzene rings is 5. The number of hydrogen-bond acceptors (Lipinski definition) is 6. The zero-order valence-electron chi connectivity index (χ0n) is 42.2. The first-order valence-corrected chi connectivity index (χ1v) is 26.3. The van der Waals surface area contributed by atoms with Crippen LogP contribution in [-0.2, 0) is 38.9 Å². The lowest BCUT2D eigenvalue weighted by Crippen LogP contribution is -2.09. The van der Waals surface area contributed by atoms with Crippen molar-refractivity contribution in [1.29, 1.82) is 0 Å². The smallest absolute Gasteiger partial charge is 0.128 e. The molecule has 7 aromatic rings. The van der Waals surface area contributed by atoms with Gasteiger partial charge in [0.2, 0.25) is 0 Å². The van der Waals surface area contributed by atoms with E-state index < -0.39 is 0 Å². The first-order chi connectivity index (χ1) is 35.5. The van der Waals surface area contributed by atoms with Crippen molar-refractivity contribution in [3.63, 3.8) is 0 Å². The van der Waals surface area contributed by atoms with Gasteiger partial charge < -0.3 is 19.4 Å². The van der Waals surface area contributed by atoms with Gasteiger partial charge in [0.15, 0.2) is 0 Å². The van der Waals surface area contributed by atoms with Gasteiger partial charge in [0.25, 0.3) is 0 Å². The molecule has 0 bridgehead atoms. The lowest BCUT2D eigenvalue weighted by molar-refractivity contribution is 0.302. The fourth-order valence-corrected chi connectivity index (χ4v) is 10.7. The van der Waals surface area contributed by atoms with Gasteiger partial charge in [-0.1, -0.05) is 114 Å². The molecule has 73 heavy (non-hydrogen) atoms. The summed E-state index contributed by atoms with van der Waals surface area (Å²) in [6, 6.07) is 26.9. The molecule has 8 heteroatoms. The third kappa shape index (κ3) is 10.3. The summed E-state index contributed by atoms with van der Waals surface area (Å²) in [4.78, 5) is 25.9. The lowest BCUT2D eigenvalue weighted by atomic mass is 9.84. The Morgan fingerprint density at radius 1 is 0.507 bits per heavy atom. The maximum atomic E-state index is 6.33. The van der Waals surface area contributed by atoms with Crippen LogP contribution in [0.5, 0.6) is 11.5 Å². The highest BCUT2D eigenvalue weighted by Gasteiger charge is 2.29. The first kappa shape index (κ1) is 49.0. The van der Waals surface area contributed by atoms with Crippen LogP contribution in [0.3, 0.4) is 0 Å². The van der Waals surface area contributed by atoms with Gasteiger partial charge in [-0.05, 0) is 147 Å². The van der Waals surface area contributed by atoms with Gasteiger partial charge in [-0.3, -0.25) is 9.98 Å². The normalized spacial score (nSPS) is 15.0. The molecule has 0 atom stereocenters. The van der Waals surface area contributed by atoms with Gasteiger partial charge in [0.1, 0.15) is 36.4 Å². The minimum Gasteiger partial charge on any atom is -0.488 e. The van der Waals surface area contributed by atoms with Gasteiger partial charge >= 0.3 is 0 Å². The van der Waals surface area contributed by atoms with Crippen LogP contribution in [0, 0.1) is 0 Å². The Labute approximate surface area is 431 Å². The molecule has 0 fully saturated rings. The highest BCUT2D eigenvalue weighted by atomic mass is 16.5. The number of aliphatic imine (C=N–C) groups is 2. The third-order valence-corrected chi connectivity index (χ3v) is 14.4. The summed E-state index contributed by atoms with van der Waals surface area (Å²) in [5, 5.41) is 2.50. The lowest BCUT2D eigenvalue weighted by Gasteiger charge is -2.26. The third-order valence-electron chi connectivity index (χ3n) is 14.4. The summed E-state index contributed by atoms with van der Waals surface area (Å²) in [6.45, 7) is 9.79. The van der Waals surface area contributed by atoms with E-state index in [2.05, 4.69) is 169 Å². The summed E-state index contributed by atoms with van der Waals surface area (Å²) >= 11 is 0.